The molecule has 0 saturated carbocycles. The Balaban J connectivity index is 1.71. The predicted octanol–water partition coefficient (Wildman–Crippen LogP) is 1.12. The van der Waals surface area contributed by atoms with Gasteiger partial charge >= 0.3 is 6.18 Å². The first-order valence-electron chi connectivity index (χ1n) is 9.22. The minimum atomic E-state index is -4.27. The summed E-state index contributed by atoms with van der Waals surface area (Å²) in [6.45, 7) is 4.49. The standard InChI is InChI=1S/C17H30F3N3O3/c1-25-13-16(3-5-21-6-4-16)15(24)23-10-8-22(9-11-23)7-2-12-26-14-17(18,19)20/h21H,2-14H2,1H3. The van der Waals surface area contributed by atoms with Gasteiger partial charge in [-0.3, -0.25) is 9.69 Å². The predicted molar refractivity (Wildman–Crippen MR) is 90.9 cm³/mol. The van der Waals surface area contributed by atoms with Gasteiger partial charge in [0, 0.05) is 46.4 Å². The fourth-order valence-corrected chi connectivity index (χ4v) is 3.69. The summed E-state index contributed by atoms with van der Waals surface area (Å²) in [5.41, 5.74) is -0.423. The van der Waals surface area contributed by atoms with Crippen LogP contribution in [0.1, 0.15) is 19.3 Å². The van der Waals surface area contributed by atoms with Crippen LogP contribution >= 0.6 is 0 Å². The van der Waals surface area contributed by atoms with Gasteiger partial charge in [0.1, 0.15) is 6.61 Å². The molecular formula is C17H30F3N3O3. The van der Waals surface area contributed by atoms with Crippen LogP contribution in [0.2, 0.25) is 0 Å². The van der Waals surface area contributed by atoms with E-state index < -0.39 is 18.2 Å². The van der Waals surface area contributed by atoms with Gasteiger partial charge in [0.15, 0.2) is 0 Å². The lowest BCUT2D eigenvalue weighted by Gasteiger charge is -2.42. The van der Waals surface area contributed by atoms with E-state index in [1.807, 2.05) is 4.90 Å². The molecule has 1 amide bonds. The molecule has 0 aliphatic carbocycles. The summed E-state index contributed by atoms with van der Waals surface area (Å²) in [7, 11) is 1.63. The molecule has 0 radical (unpaired) electrons. The van der Waals surface area contributed by atoms with E-state index >= 15 is 0 Å². The summed E-state index contributed by atoms with van der Waals surface area (Å²) in [4.78, 5) is 17.1. The lowest BCUT2D eigenvalue weighted by Crippen LogP contribution is -2.56. The van der Waals surface area contributed by atoms with Crippen LogP contribution in [0.5, 0.6) is 0 Å². The average Bonchev–Trinajstić information content (AvgIpc) is 2.61. The molecule has 2 saturated heterocycles. The molecule has 2 fully saturated rings. The average molecular weight is 381 g/mol. The number of hydrogen-bond acceptors (Lipinski definition) is 5. The van der Waals surface area contributed by atoms with Gasteiger partial charge in [-0.15, -0.1) is 0 Å². The maximum atomic E-state index is 13.0. The number of piperazine rings is 1. The molecule has 2 heterocycles. The zero-order valence-corrected chi connectivity index (χ0v) is 15.4. The van der Waals surface area contributed by atoms with E-state index in [0.29, 0.717) is 32.7 Å². The van der Waals surface area contributed by atoms with Gasteiger partial charge in [0.05, 0.1) is 12.0 Å². The third-order valence-corrected chi connectivity index (χ3v) is 5.12. The van der Waals surface area contributed by atoms with Gasteiger partial charge in [-0.2, -0.15) is 13.2 Å². The van der Waals surface area contributed by atoms with Crippen molar-refractivity contribution in [1.29, 1.82) is 0 Å². The zero-order chi connectivity index (χ0) is 19.0. The molecule has 9 heteroatoms. The molecule has 0 aromatic carbocycles. The Kier molecular flexibility index (Phi) is 8.12. The van der Waals surface area contributed by atoms with E-state index in [4.69, 9.17) is 4.74 Å². The first-order chi connectivity index (χ1) is 12.4. The fraction of sp³-hybridized carbons (Fsp3) is 0.941. The molecule has 0 unspecified atom stereocenters. The molecule has 0 bridgehead atoms. The van der Waals surface area contributed by atoms with E-state index in [1.54, 1.807) is 7.11 Å². The summed E-state index contributed by atoms with van der Waals surface area (Å²) in [5.74, 6) is 0.175. The van der Waals surface area contributed by atoms with Gasteiger partial charge in [-0.25, -0.2) is 0 Å². The smallest absolute Gasteiger partial charge is 0.384 e. The van der Waals surface area contributed by atoms with E-state index in [-0.39, 0.29) is 12.5 Å². The third-order valence-electron chi connectivity index (χ3n) is 5.12. The maximum Gasteiger partial charge on any atom is 0.411 e. The van der Waals surface area contributed by atoms with Crippen LogP contribution in [0.3, 0.4) is 0 Å². The second kappa shape index (κ2) is 9.87. The Morgan fingerprint density at radius 3 is 2.38 bits per heavy atom. The Morgan fingerprint density at radius 2 is 1.81 bits per heavy atom. The second-order valence-corrected chi connectivity index (χ2v) is 7.12. The number of amides is 1. The summed E-state index contributed by atoms with van der Waals surface area (Å²) < 4.78 is 46.0. The van der Waals surface area contributed by atoms with Crippen molar-refractivity contribution in [3.05, 3.63) is 0 Å². The Labute approximate surface area is 153 Å². The number of rotatable bonds is 8. The topological polar surface area (TPSA) is 54.0 Å². The number of hydrogen-bond donors (Lipinski definition) is 1. The van der Waals surface area contributed by atoms with Crippen molar-refractivity contribution in [2.24, 2.45) is 5.41 Å². The number of alkyl halides is 3. The minimum Gasteiger partial charge on any atom is -0.384 e. The van der Waals surface area contributed by atoms with Crippen LogP contribution in [0, 0.1) is 5.41 Å². The number of ether oxygens (including phenoxy) is 2. The summed E-state index contributed by atoms with van der Waals surface area (Å²) >= 11 is 0. The van der Waals surface area contributed by atoms with E-state index in [0.717, 1.165) is 39.0 Å². The highest BCUT2D eigenvalue weighted by molar-refractivity contribution is 5.83. The van der Waals surface area contributed by atoms with Crippen LogP contribution < -0.4 is 5.32 Å². The lowest BCUT2D eigenvalue weighted by molar-refractivity contribution is -0.174. The first kappa shape index (κ1) is 21.4. The number of piperidine rings is 1. The fourth-order valence-electron chi connectivity index (χ4n) is 3.69. The van der Waals surface area contributed by atoms with E-state index in [2.05, 4.69) is 15.0 Å². The third kappa shape index (κ3) is 6.37. The Hall–Kier alpha value is -0.900. The molecule has 6 nitrogen and oxygen atoms in total. The summed E-state index contributed by atoms with van der Waals surface area (Å²) in [6.07, 6.45) is -2.13. The molecule has 152 valence electrons. The van der Waals surface area contributed by atoms with Crippen LogP contribution in [-0.2, 0) is 14.3 Å². The molecule has 1 N–H and O–H groups in total. The van der Waals surface area contributed by atoms with Gasteiger partial charge in [-0.05, 0) is 32.4 Å². The highest BCUT2D eigenvalue weighted by Crippen LogP contribution is 2.32. The van der Waals surface area contributed by atoms with Crippen molar-refractivity contribution in [2.75, 3.05) is 72.7 Å². The molecule has 26 heavy (non-hydrogen) atoms. The van der Waals surface area contributed by atoms with Crippen LogP contribution in [0.15, 0.2) is 0 Å². The largest absolute Gasteiger partial charge is 0.411 e. The monoisotopic (exact) mass is 381 g/mol. The van der Waals surface area contributed by atoms with Gasteiger partial charge in [0.25, 0.3) is 0 Å². The minimum absolute atomic E-state index is 0.0998. The zero-order valence-electron chi connectivity index (χ0n) is 15.4. The molecule has 2 rings (SSSR count). The van der Waals surface area contributed by atoms with Crippen molar-refractivity contribution in [2.45, 2.75) is 25.4 Å². The number of carbonyl (C=O) groups excluding carboxylic acids is 1. The maximum absolute atomic E-state index is 13.0. The highest BCUT2D eigenvalue weighted by atomic mass is 19.4. The number of methoxy groups -OCH3 is 1. The molecule has 0 spiro atoms. The van der Waals surface area contributed by atoms with Gasteiger partial charge < -0.3 is 19.7 Å². The summed E-state index contributed by atoms with van der Waals surface area (Å²) in [6, 6.07) is 0. The highest BCUT2D eigenvalue weighted by Gasteiger charge is 2.42. The normalized spacial score (nSPS) is 21.8. The van der Waals surface area contributed by atoms with Crippen molar-refractivity contribution in [3.63, 3.8) is 0 Å². The van der Waals surface area contributed by atoms with Crippen LogP contribution in [-0.4, -0.2) is 94.6 Å². The van der Waals surface area contributed by atoms with Crippen LogP contribution in [0.25, 0.3) is 0 Å². The van der Waals surface area contributed by atoms with Gasteiger partial charge in [-0.1, -0.05) is 0 Å². The van der Waals surface area contributed by atoms with E-state index in [1.165, 1.54) is 0 Å². The number of halogens is 3. The molecular weight excluding hydrogens is 351 g/mol. The molecule has 2 aliphatic heterocycles. The Morgan fingerprint density at radius 1 is 1.15 bits per heavy atom. The number of carbonyl (C=O) groups is 1. The second-order valence-electron chi connectivity index (χ2n) is 7.12. The summed E-state index contributed by atoms with van der Waals surface area (Å²) in [5, 5.41) is 3.29. The first-order valence-corrected chi connectivity index (χ1v) is 9.22. The molecule has 0 aromatic heterocycles. The lowest BCUT2D eigenvalue weighted by atomic mass is 9.78. The SMILES string of the molecule is COCC1(C(=O)N2CCN(CCCOCC(F)(F)F)CC2)CCNCC1. The number of nitrogens with zero attached hydrogens (tertiary/aromatic N) is 2. The number of nitrogens with one attached hydrogen (secondary N) is 1. The van der Waals surface area contributed by atoms with Crippen molar-refractivity contribution >= 4 is 5.91 Å². The molecule has 2 aliphatic rings. The molecule has 0 aromatic rings. The van der Waals surface area contributed by atoms with Crippen molar-refractivity contribution < 1.29 is 27.4 Å². The van der Waals surface area contributed by atoms with Crippen molar-refractivity contribution in [3.8, 4) is 0 Å². The quantitative estimate of drug-likeness (QED) is 0.639. The van der Waals surface area contributed by atoms with E-state index in [9.17, 15) is 18.0 Å². The molecule has 0 atom stereocenters. The van der Waals surface area contributed by atoms with Crippen LogP contribution in [0.4, 0.5) is 13.2 Å². The van der Waals surface area contributed by atoms with Crippen molar-refractivity contribution in [1.82, 2.24) is 15.1 Å². The Bertz CT molecular complexity index is 429. The van der Waals surface area contributed by atoms with Gasteiger partial charge in [0.2, 0.25) is 5.91 Å².